The first-order valence-corrected chi connectivity index (χ1v) is 13.5. The van der Waals surface area contributed by atoms with Gasteiger partial charge in [0.25, 0.3) is 0 Å². The van der Waals surface area contributed by atoms with Crippen LogP contribution in [0, 0.1) is 28.6 Å². The van der Waals surface area contributed by atoms with Crippen LogP contribution < -0.4 is 10.6 Å². The summed E-state index contributed by atoms with van der Waals surface area (Å²) in [5.41, 5.74) is -0.430. The van der Waals surface area contributed by atoms with Crippen molar-refractivity contribution in [2.45, 2.75) is 123 Å². The first kappa shape index (κ1) is 25.9. The van der Waals surface area contributed by atoms with Crippen molar-refractivity contribution in [1.82, 2.24) is 10.6 Å². The van der Waals surface area contributed by atoms with Gasteiger partial charge in [-0.3, -0.25) is 9.59 Å². The first-order valence-electron chi connectivity index (χ1n) is 13.5. The molecule has 3 aliphatic carbocycles. The monoisotopic (exact) mass is 478 g/mol. The average molecular weight is 479 g/mol. The molecule has 34 heavy (non-hydrogen) atoms. The maximum Gasteiger partial charge on any atom is 0.226 e. The van der Waals surface area contributed by atoms with Crippen molar-refractivity contribution >= 4 is 11.8 Å². The number of fused-ring (bicyclic) bond motifs is 3. The van der Waals surface area contributed by atoms with Crippen LogP contribution in [0.15, 0.2) is 0 Å². The van der Waals surface area contributed by atoms with E-state index in [1.165, 1.54) is 6.42 Å². The maximum atomic E-state index is 13.5. The van der Waals surface area contributed by atoms with Crippen LogP contribution in [0.25, 0.3) is 0 Å². The molecule has 2 N–H and O–H groups in total. The summed E-state index contributed by atoms with van der Waals surface area (Å²) >= 11 is 0. The topological polar surface area (TPSA) is 85.9 Å². The van der Waals surface area contributed by atoms with Gasteiger partial charge in [-0.15, -0.1) is 0 Å². The van der Waals surface area contributed by atoms with Gasteiger partial charge in [-0.2, -0.15) is 9.78 Å². The van der Waals surface area contributed by atoms with Gasteiger partial charge < -0.3 is 15.4 Å². The zero-order valence-corrected chi connectivity index (χ0v) is 22.1. The highest BCUT2D eigenvalue weighted by Gasteiger charge is 2.66. The van der Waals surface area contributed by atoms with E-state index in [0.29, 0.717) is 25.3 Å². The van der Waals surface area contributed by atoms with Gasteiger partial charge in [0.05, 0.1) is 5.41 Å². The second-order valence-electron chi connectivity index (χ2n) is 13.0. The zero-order valence-electron chi connectivity index (χ0n) is 22.1. The molecule has 0 aromatic carbocycles. The molecule has 6 unspecified atom stereocenters. The third-order valence-electron chi connectivity index (χ3n) is 9.10. The molecule has 4 fully saturated rings. The van der Waals surface area contributed by atoms with Crippen LogP contribution in [0.3, 0.4) is 0 Å². The number of carbonyl (C=O) groups is 2. The first-order chi connectivity index (χ1) is 15.9. The Labute approximate surface area is 205 Å². The van der Waals surface area contributed by atoms with Crippen molar-refractivity contribution in [1.29, 1.82) is 0 Å². The summed E-state index contributed by atoms with van der Waals surface area (Å²) in [6.07, 6.45) is 8.79. The van der Waals surface area contributed by atoms with Gasteiger partial charge in [0.1, 0.15) is 0 Å². The summed E-state index contributed by atoms with van der Waals surface area (Å²) in [7, 11) is 0. The third kappa shape index (κ3) is 4.90. The summed E-state index contributed by atoms with van der Waals surface area (Å²) < 4.78 is 6.74. The molecule has 0 aromatic rings. The minimum Gasteiger partial charge on any atom is -0.355 e. The zero-order chi connectivity index (χ0) is 24.8. The van der Waals surface area contributed by atoms with E-state index in [4.69, 9.17) is 14.5 Å². The van der Waals surface area contributed by atoms with Crippen LogP contribution in [0.2, 0.25) is 0 Å². The van der Waals surface area contributed by atoms with Crippen LogP contribution >= 0.6 is 0 Å². The predicted molar refractivity (Wildman–Crippen MR) is 129 cm³/mol. The Bertz CT molecular complexity index is 769. The molecule has 6 atom stereocenters. The molecule has 2 spiro atoms. The van der Waals surface area contributed by atoms with Gasteiger partial charge in [0, 0.05) is 43.7 Å². The minimum atomic E-state index is -0.751. The fourth-order valence-corrected chi connectivity index (χ4v) is 6.84. The van der Waals surface area contributed by atoms with E-state index in [0.717, 1.165) is 44.9 Å². The Hall–Kier alpha value is -1.18. The quantitative estimate of drug-likeness (QED) is 0.552. The van der Waals surface area contributed by atoms with E-state index >= 15 is 0 Å². The Morgan fingerprint density at radius 2 is 1.74 bits per heavy atom. The summed E-state index contributed by atoms with van der Waals surface area (Å²) in [5, 5.41) is 6.16. The van der Waals surface area contributed by atoms with Gasteiger partial charge in [0.2, 0.25) is 23.4 Å². The number of amides is 2. The lowest BCUT2D eigenvalue weighted by molar-refractivity contribution is -0.382. The van der Waals surface area contributed by atoms with Crippen LogP contribution in [0.4, 0.5) is 0 Å². The molecule has 7 heteroatoms. The number of ether oxygens (including phenoxy) is 1. The molecule has 1 heterocycles. The van der Waals surface area contributed by atoms with Crippen molar-refractivity contribution in [2.75, 3.05) is 6.54 Å². The Morgan fingerprint density at radius 1 is 1.03 bits per heavy atom. The SMILES string of the molecule is CC1CC2CC(C(=O)NCCC(=O)NC(C)C(C)(C)C)(C1)CC(C)C21OOC2(CCCCC2)O1. The lowest BCUT2D eigenvalue weighted by Gasteiger charge is -2.55. The molecule has 2 bridgehead atoms. The number of rotatable bonds is 5. The molecule has 2 amide bonds. The van der Waals surface area contributed by atoms with E-state index in [-0.39, 0.29) is 35.1 Å². The van der Waals surface area contributed by atoms with E-state index in [1.54, 1.807) is 0 Å². The molecule has 4 aliphatic rings. The van der Waals surface area contributed by atoms with Crippen LogP contribution in [0.5, 0.6) is 0 Å². The number of nitrogens with one attached hydrogen (secondary N) is 2. The van der Waals surface area contributed by atoms with Crippen molar-refractivity contribution in [3.8, 4) is 0 Å². The predicted octanol–water partition coefficient (Wildman–Crippen LogP) is 4.84. The van der Waals surface area contributed by atoms with Crippen LogP contribution in [0.1, 0.15) is 106 Å². The van der Waals surface area contributed by atoms with Crippen LogP contribution in [-0.2, 0) is 24.1 Å². The smallest absolute Gasteiger partial charge is 0.226 e. The van der Waals surface area contributed by atoms with Crippen molar-refractivity contribution in [3.05, 3.63) is 0 Å². The molecular formula is C27H46N2O5. The standard InChI is InChI=1S/C27H46N2O5/c1-18-14-21-17-25(15-18,23(31)28-13-10-22(30)29-20(3)24(4,5)6)16-19(2)27(21)32-26(33-34-27)11-8-7-9-12-26/h18-21H,7-17H2,1-6H3,(H,28,31)(H,29,30). The summed E-state index contributed by atoms with van der Waals surface area (Å²) in [6.45, 7) is 13.1. The number of hydrogen-bond donors (Lipinski definition) is 2. The Balaban J connectivity index is 1.38. The molecule has 0 aromatic heterocycles. The highest BCUT2D eigenvalue weighted by Crippen LogP contribution is 2.62. The molecule has 4 rings (SSSR count). The lowest BCUT2D eigenvalue weighted by Crippen LogP contribution is -2.60. The van der Waals surface area contributed by atoms with Crippen LogP contribution in [-0.4, -0.2) is 36.0 Å². The maximum absolute atomic E-state index is 13.5. The molecule has 7 nitrogen and oxygen atoms in total. The van der Waals surface area contributed by atoms with Crippen molar-refractivity contribution in [2.24, 2.45) is 28.6 Å². The van der Waals surface area contributed by atoms with Crippen molar-refractivity contribution in [3.63, 3.8) is 0 Å². The largest absolute Gasteiger partial charge is 0.355 e. The fourth-order valence-electron chi connectivity index (χ4n) is 6.84. The van der Waals surface area contributed by atoms with Gasteiger partial charge >= 0.3 is 0 Å². The number of carbonyl (C=O) groups excluding carboxylic acids is 2. The van der Waals surface area contributed by atoms with E-state index in [9.17, 15) is 9.59 Å². The fraction of sp³-hybridized carbons (Fsp3) is 0.926. The second kappa shape index (κ2) is 9.36. The summed E-state index contributed by atoms with van der Waals surface area (Å²) in [4.78, 5) is 38.0. The van der Waals surface area contributed by atoms with E-state index in [1.807, 2.05) is 6.92 Å². The Kier molecular flexibility index (Phi) is 7.13. The molecule has 1 saturated heterocycles. The second-order valence-corrected chi connectivity index (χ2v) is 13.0. The van der Waals surface area contributed by atoms with E-state index < -0.39 is 17.0 Å². The van der Waals surface area contributed by atoms with Gasteiger partial charge in [-0.25, -0.2) is 0 Å². The lowest BCUT2D eigenvalue weighted by atomic mass is 9.54. The molecule has 1 aliphatic heterocycles. The summed E-state index contributed by atoms with van der Waals surface area (Å²) in [6, 6.07) is 0.0747. The summed E-state index contributed by atoms with van der Waals surface area (Å²) in [5.74, 6) is -0.710. The number of hydrogen-bond acceptors (Lipinski definition) is 5. The molecule has 0 radical (unpaired) electrons. The van der Waals surface area contributed by atoms with E-state index in [2.05, 4.69) is 45.3 Å². The van der Waals surface area contributed by atoms with Gasteiger partial charge in [-0.1, -0.05) is 41.0 Å². The van der Waals surface area contributed by atoms with Gasteiger partial charge in [0.15, 0.2) is 0 Å². The van der Waals surface area contributed by atoms with Crippen molar-refractivity contribution < 1.29 is 24.1 Å². The van der Waals surface area contributed by atoms with Gasteiger partial charge in [-0.05, 0) is 56.8 Å². The Morgan fingerprint density at radius 3 is 2.41 bits per heavy atom. The minimum absolute atomic E-state index is 0.00358. The third-order valence-corrected chi connectivity index (χ3v) is 9.10. The molecule has 3 saturated carbocycles. The highest BCUT2D eigenvalue weighted by molar-refractivity contribution is 5.84. The highest BCUT2D eigenvalue weighted by atomic mass is 17.3. The molecular weight excluding hydrogens is 432 g/mol. The normalized spacial score (nSPS) is 38.0. The molecule has 194 valence electrons. The average Bonchev–Trinajstić information content (AvgIpc) is 3.12.